The summed E-state index contributed by atoms with van der Waals surface area (Å²) >= 11 is 6.50. The lowest BCUT2D eigenvalue weighted by molar-refractivity contribution is 0.121. The molecular weight excluding hydrogens is 503 g/mol. The molecule has 0 saturated carbocycles. The van der Waals surface area contributed by atoms with Gasteiger partial charge in [-0.05, 0) is 35.2 Å². The average molecular weight is 528 g/mol. The number of nitrogens with zero attached hydrogens (tertiary/aromatic N) is 5. The van der Waals surface area contributed by atoms with Crippen molar-refractivity contribution in [1.29, 1.82) is 5.26 Å². The number of benzene rings is 2. The number of nitriles is 1. The standard InChI is InChI=1S/C26H25ClF3N7/c1-26(2,3)14-33-23-16(10-31)11-32-25-19(23)8-17(27)9-20(25)34-24(15-4-6-18(28)7-5-15)21-12-37(36-35-21)13-22(29)30/h4-9,11-12,22,24,34H,13-14H2,1-3H3,(H,32,33)/t24-/m0/s1. The van der Waals surface area contributed by atoms with Crippen LogP contribution in [0.1, 0.15) is 43.6 Å². The van der Waals surface area contributed by atoms with Gasteiger partial charge in [0.2, 0.25) is 0 Å². The molecule has 0 radical (unpaired) electrons. The molecule has 2 aromatic carbocycles. The Morgan fingerprint density at radius 3 is 2.54 bits per heavy atom. The van der Waals surface area contributed by atoms with E-state index in [1.54, 1.807) is 24.3 Å². The quantitative estimate of drug-likeness (QED) is 0.275. The molecular formula is C26H25ClF3N7. The molecule has 1 atom stereocenters. The van der Waals surface area contributed by atoms with Crippen LogP contribution in [0, 0.1) is 22.6 Å². The van der Waals surface area contributed by atoms with Gasteiger partial charge >= 0.3 is 0 Å². The van der Waals surface area contributed by atoms with E-state index in [4.69, 9.17) is 11.6 Å². The second kappa shape index (κ2) is 10.6. The van der Waals surface area contributed by atoms with Crippen molar-refractivity contribution in [2.75, 3.05) is 17.2 Å². The maximum absolute atomic E-state index is 13.7. The van der Waals surface area contributed by atoms with E-state index >= 15 is 0 Å². The van der Waals surface area contributed by atoms with E-state index in [2.05, 4.69) is 52.8 Å². The van der Waals surface area contributed by atoms with Gasteiger partial charge in [0, 0.05) is 23.2 Å². The Morgan fingerprint density at radius 2 is 1.89 bits per heavy atom. The van der Waals surface area contributed by atoms with Crippen LogP contribution in [0.5, 0.6) is 0 Å². The summed E-state index contributed by atoms with van der Waals surface area (Å²) in [5, 5.41) is 25.3. The minimum atomic E-state index is -2.60. The summed E-state index contributed by atoms with van der Waals surface area (Å²) in [5.41, 5.74) is 2.94. The first-order valence-corrected chi connectivity index (χ1v) is 11.9. The molecule has 0 bridgehead atoms. The molecule has 11 heteroatoms. The molecule has 2 N–H and O–H groups in total. The second-order valence-corrected chi connectivity index (χ2v) is 10.2. The molecule has 4 rings (SSSR count). The Morgan fingerprint density at radius 1 is 1.16 bits per heavy atom. The van der Waals surface area contributed by atoms with Crippen molar-refractivity contribution in [3.63, 3.8) is 0 Å². The molecule has 0 aliphatic rings. The molecule has 7 nitrogen and oxygen atoms in total. The van der Waals surface area contributed by atoms with Crippen molar-refractivity contribution in [3.8, 4) is 6.07 Å². The SMILES string of the molecule is CC(C)(C)CNc1c(C#N)cnc2c(N[C@@H](c3ccc(F)cc3)c3cn(CC(F)F)nn3)cc(Cl)cc12. The number of nitrogens with one attached hydrogen (secondary N) is 2. The Labute approximate surface area is 217 Å². The van der Waals surface area contributed by atoms with Crippen LogP contribution in [0.2, 0.25) is 5.02 Å². The minimum Gasteiger partial charge on any atom is -0.383 e. The van der Waals surface area contributed by atoms with Crippen LogP contribution in [0.15, 0.2) is 48.8 Å². The summed E-state index contributed by atoms with van der Waals surface area (Å²) in [6.45, 7) is 6.21. The van der Waals surface area contributed by atoms with Gasteiger partial charge in [-0.3, -0.25) is 4.98 Å². The van der Waals surface area contributed by atoms with E-state index in [1.807, 2.05) is 0 Å². The third-order valence-corrected chi connectivity index (χ3v) is 5.75. The summed E-state index contributed by atoms with van der Waals surface area (Å²) in [6.07, 6.45) is 0.302. The van der Waals surface area contributed by atoms with Crippen molar-refractivity contribution in [3.05, 3.63) is 76.5 Å². The Bertz CT molecular complexity index is 1440. The van der Waals surface area contributed by atoms with Crippen LogP contribution in [0.3, 0.4) is 0 Å². The molecule has 0 unspecified atom stereocenters. The molecule has 4 aromatic rings. The van der Waals surface area contributed by atoms with Crippen LogP contribution in [0.4, 0.5) is 24.5 Å². The fourth-order valence-corrected chi connectivity index (χ4v) is 4.04. The summed E-state index contributed by atoms with van der Waals surface area (Å²) in [4.78, 5) is 4.51. The summed E-state index contributed by atoms with van der Waals surface area (Å²) < 4.78 is 40.5. The van der Waals surface area contributed by atoms with E-state index in [1.165, 1.54) is 24.5 Å². The van der Waals surface area contributed by atoms with E-state index in [-0.39, 0.29) is 5.41 Å². The summed E-state index contributed by atoms with van der Waals surface area (Å²) in [5.74, 6) is -0.419. The zero-order chi connectivity index (χ0) is 26.7. The lowest BCUT2D eigenvalue weighted by Gasteiger charge is -2.23. The predicted molar refractivity (Wildman–Crippen MR) is 137 cm³/mol. The third kappa shape index (κ3) is 6.30. The summed E-state index contributed by atoms with van der Waals surface area (Å²) in [7, 11) is 0. The molecule has 0 aliphatic heterocycles. The van der Waals surface area contributed by atoms with E-state index in [9.17, 15) is 18.4 Å². The van der Waals surface area contributed by atoms with Gasteiger partial charge in [0.25, 0.3) is 6.43 Å². The molecule has 0 amide bonds. The number of aromatic nitrogens is 4. The fraction of sp³-hybridized carbons (Fsp3) is 0.308. The highest BCUT2D eigenvalue weighted by Gasteiger charge is 2.22. The smallest absolute Gasteiger partial charge is 0.257 e. The van der Waals surface area contributed by atoms with Gasteiger partial charge in [-0.1, -0.05) is 49.7 Å². The van der Waals surface area contributed by atoms with Gasteiger partial charge in [0.1, 0.15) is 24.1 Å². The topological polar surface area (TPSA) is 91.5 Å². The highest BCUT2D eigenvalue weighted by Crippen LogP contribution is 2.36. The predicted octanol–water partition coefficient (Wildman–Crippen LogP) is 6.42. The molecule has 0 fully saturated rings. The maximum atomic E-state index is 13.7. The Hall–Kier alpha value is -3.84. The van der Waals surface area contributed by atoms with E-state index < -0.39 is 24.8 Å². The average Bonchev–Trinajstić information content (AvgIpc) is 3.28. The lowest BCUT2D eigenvalue weighted by atomic mass is 9.96. The van der Waals surface area contributed by atoms with Crippen LogP contribution < -0.4 is 10.6 Å². The number of anilines is 2. The number of fused-ring (bicyclic) bond motifs is 1. The minimum absolute atomic E-state index is 0.0558. The largest absolute Gasteiger partial charge is 0.383 e. The third-order valence-electron chi connectivity index (χ3n) is 5.53. The van der Waals surface area contributed by atoms with Gasteiger partial charge in [-0.2, -0.15) is 5.26 Å². The Kier molecular flexibility index (Phi) is 7.55. The van der Waals surface area contributed by atoms with E-state index in [0.717, 1.165) is 4.68 Å². The van der Waals surface area contributed by atoms with Crippen LogP contribution in [0.25, 0.3) is 10.9 Å². The van der Waals surface area contributed by atoms with Crippen molar-refractivity contribution >= 4 is 33.9 Å². The van der Waals surface area contributed by atoms with Crippen molar-refractivity contribution in [1.82, 2.24) is 20.0 Å². The zero-order valence-electron chi connectivity index (χ0n) is 20.4. The lowest BCUT2D eigenvalue weighted by Crippen LogP contribution is -2.20. The molecule has 0 saturated heterocycles. The molecule has 192 valence electrons. The highest BCUT2D eigenvalue weighted by molar-refractivity contribution is 6.32. The van der Waals surface area contributed by atoms with Crippen molar-refractivity contribution < 1.29 is 13.2 Å². The van der Waals surface area contributed by atoms with Gasteiger partial charge in [0.05, 0.1) is 34.7 Å². The second-order valence-electron chi connectivity index (χ2n) is 9.81. The van der Waals surface area contributed by atoms with E-state index in [0.29, 0.717) is 50.7 Å². The first kappa shape index (κ1) is 26.2. The van der Waals surface area contributed by atoms with Crippen LogP contribution >= 0.6 is 11.6 Å². The number of halogens is 4. The Balaban J connectivity index is 1.82. The van der Waals surface area contributed by atoms with Gasteiger partial charge in [-0.25, -0.2) is 17.9 Å². The molecule has 37 heavy (non-hydrogen) atoms. The number of pyridine rings is 1. The molecule has 2 aromatic heterocycles. The van der Waals surface area contributed by atoms with Gasteiger partial charge in [0.15, 0.2) is 0 Å². The van der Waals surface area contributed by atoms with Crippen molar-refractivity contribution in [2.24, 2.45) is 5.41 Å². The zero-order valence-corrected chi connectivity index (χ0v) is 21.2. The van der Waals surface area contributed by atoms with Crippen LogP contribution in [-0.4, -0.2) is 32.9 Å². The number of alkyl halides is 2. The maximum Gasteiger partial charge on any atom is 0.257 e. The van der Waals surface area contributed by atoms with Gasteiger partial charge < -0.3 is 10.6 Å². The normalized spacial score (nSPS) is 12.5. The highest BCUT2D eigenvalue weighted by atomic mass is 35.5. The molecule has 2 heterocycles. The molecule has 0 spiro atoms. The monoisotopic (exact) mass is 527 g/mol. The number of rotatable bonds is 8. The van der Waals surface area contributed by atoms with Crippen LogP contribution in [-0.2, 0) is 6.54 Å². The fourth-order valence-electron chi connectivity index (χ4n) is 3.82. The van der Waals surface area contributed by atoms with Gasteiger partial charge in [-0.15, -0.1) is 5.10 Å². The first-order chi connectivity index (χ1) is 17.5. The number of hydrogen-bond acceptors (Lipinski definition) is 6. The molecule has 0 aliphatic carbocycles. The van der Waals surface area contributed by atoms with Crippen molar-refractivity contribution in [2.45, 2.75) is 39.8 Å². The first-order valence-electron chi connectivity index (χ1n) is 11.5. The summed E-state index contributed by atoms with van der Waals surface area (Å²) in [6, 6.07) is 10.6. The number of hydrogen-bond donors (Lipinski definition) is 2.